The third-order valence-electron chi connectivity index (χ3n) is 3.95. The molecule has 0 spiro atoms. The van der Waals surface area contributed by atoms with Crippen LogP contribution in [0.4, 0.5) is 0 Å². The first-order chi connectivity index (χ1) is 11.4. The molecule has 3 aromatic heterocycles. The van der Waals surface area contributed by atoms with Gasteiger partial charge in [0.1, 0.15) is 0 Å². The molecular weight excluding hydrogens is 284 g/mol. The average Bonchev–Trinajstić information content (AvgIpc) is 3.02. The lowest BCUT2D eigenvalue weighted by atomic mass is 10.0. The second-order valence-corrected chi connectivity index (χ2v) is 5.35. The normalized spacial score (nSPS) is 11.0. The Labute approximate surface area is 134 Å². The molecule has 0 aliphatic rings. The lowest BCUT2D eigenvalue weighted by Gasteiger charge is -2.04. The highest BCUT2D eigenvalue weighted by atomic mass is 15.3. The average molecular weight is 300 g/mol. The maximum atomic E-state index is 4.81. The molecule has 0 unspecified atom stereocenters. The van der Waals surface area contributed by atoms with E-state index >= 15 is 0 Å². The van der Waals surface area contributed by atoms with E-state index in [0.717, 1.165) is 40.1 Å². The van der Waals surface area contributed by atoms with E-state index < -0.39 is 0 Å². The Kier molecular flexibility index (Phi) is 3.35. The SMILES string of the molecule is CCc1nn2c(-c3cccnc3)ccnc2c1-c1ccccc1. The summed E-state index contributed by atoms with van der Waals surface area (Å²) in [7, 11) is 0. The van der Waals surface area contributed by atoms with Gasteiger partial charge in [0.2, 0.25) is 0 Å². The van der Waals surface area contributed by atoms with Crippen molar-refractivity contribution in [2.24, 2.45) is 0 Å². The van der Waals surface area contributed by atoms with Crippen LogP contribution in [-0.2, 0) is 6.42 Å². The van der Waals surface area contributed by atoms with Crippen molar-refractivity contribution in [2.75, 3.05) is 0 Å². The molecule has 3 heterocycles. The van der Waals surface area contributed by atoms with Gasteiger partial charge < -0.3 is 0 Å². The Hall–Kier alpha value is -3.01. The molecule has 0 N–H and O–H groups in total. The molecule has 0 saturated carbocycles. The number of nitrogens with zero attached hydrogens (tertiary/aromatic N) is 4. The van der Waals surface area contributed by atoms with Crippen molar-refractivity contribution in [1.29, 1.82) is 0 Å². The number of aryl methyl sites for hydroxylation is 1. The fraction of sp³-hybridized carbons (Fsp3) is 0.105. The standard InChI is InChI=1S/C19H16N4/c1-2-16-18(14-7-4-3-5-8-14)19-21-12-10-17(23(19)22-16)15-9-6-11-20-13-15/h3-13H,2H2,1H3. The summed E-state index contributed by atoms with van der Waals surface area (Å²) in [6.07, 6.45) is 6.33. The summed E-state index contributed by atoms with van der Waals surface area (Å²) in [6, 6.07) is 16.3. The first-order valence-corrected chi connectivity index (χ1v) is 7.71. The fourth-order valence-electron chi connectivity index (χ4n) is 2.87. The van der Waals surface area contributed by atoms with Crippen LogP contribution in [0.1, 0.15) is 12.6 Å². The van der Waals surface area contributed by atoms with Crippen molar-refractivity contribution in [2.45, 2.75) is 13.3 Å². The zero-order valence-electron chi connectivity index (χ0n) is 12.8. The lowest BCUT2D eigenvalue weighted by Crippen LogP contribution is -1.96. The Morgan fingerprint density at radius 3 is 2.48 bits per heavy atom. The molecule has 4 rings (SSSR count). The maximum absolute atomic E-state index is 4.81. The summed E-state index contributed by atoms with van der Waals surface area (Å²) in [4.78, 5) is 8.81. The highest BCUT2D eigenvalue weighted by Gasteiger charge is 2.16. The Morgan fingerprint density at radius 1 is 0.913 bits per heavy atom. The first kappa shape index (κ1) is 13.6. The zero-order valence-corrected chi connectivity index (χ0v) is 12.8. The number of hydrogen-bond acceptors (Lipinski definition) is 3. The minimum atomic E-state index is 0.861. The summed E-state index contributed by atoms with van der Waals surface area (Å²) < 4.78 is 1.93. The molecule has 4 aromatic rings. The van der Waals surface area contributed by atoms with Crippen LogP contribution in [0.25, 0.3) is 28.0 Å². The van der Waals surface area contributed by atoms with E-state index in [9.17, 15) is 0 Å². The molecule has 0 aliphatic heterocycles. The van der Waals surface area contributed by atoms with Gasteiger partial charge in [-0.15, -0.1) is 0 Å². The summed E-state index contributed by atoms with van der Waals surface area (Å²) >= 11 is 0. The fourth-order valence-corrected chi connectivity index (χ4v) is 2.87. The molecule has 0 saturated heterocycles. The second kappa shape index (κ2) is 5.65. The number of fused-ring (bicyclic) bond motifs is 1. The topological polar surface area (TPSA) is 43.1 Å². The lowest BCUT2D eigenvalue weighted by molar-refractivity contribution is 0.893. The van der Waals surface area contributed by atoms with Crippen molar-refractivity contribution in [1.82, 2.24) is 19.6 Å². The van der Waals surface area contributed by atoms with Crippen LogP contribution < -0.4 is 0 Å². The van der Waals surface area contributed by atoms with E-state index in [0.29, 0.717) is 0 Å². The van der Waals surface area contributed by atoms with Gasteiger partial charge in [0.25, 0.3) is 0 Å². The monoisotopic (exact) mass is 300 g/mol. The number of benzene rings is 1. The van der Waals surface area contributed by atoms with Crippen molar-refractivity contribution >= 4 is 5.65 Å². The van der Waals surface area contributed by atoms with Crippen LogP contribution in [0.15, 0.2) is 67.1 Å². The summed E-state index contributed by atoms with van der Waals surface area (Å²) in [5.41, 5.74) is 6.23. The second-order valence-electron chi connectivity index (χ2n) is 5.35. The van der Waals surface area contributed by atoms with Crippen LogP contribution in [0, 0.1) is 0 Å². The van der Waals surface area contributed by atoms with Crippen LogP contribution >= 0.6 is 0 Å². The van der Waals surface area contributed by atoms with Crippen LogP contribution in [0.3, 0.4) is 0 Å². The Balaban J connectivity index is 2.02. The van der Waals surface area contributed by atoms with Crippen LogP contribution in [0.5, 0.6) is 0 Å². The van der Waals surface area contributed by atoms with E-state index in [-0.39, 0.29) is 0 Å². The van der Waals surface area contributed by atoms with E-state index in [4.69, 9.17) is 5.10 Å². The van der Waals surface area contributed by atoms with Gasteiger partial charge in [0.05, 0.1) is 11.4 Å². The number of rotatable bonds is 3. The van der Waals surface area contributed by atoms with Gasteiger partial charge in [-0.05, 0) is 30.2 Å². The third-order valence-corrected chi connectivity index (χ3v) is 3.95. The van der Waals surface area contributed by atoms with Gasteiger partial charge in [-0.1, -0.05) is 37.3 Å². The molecule has 0 atom stereocenters. The molecule has 0 amide bonds. The highest BCUT2D eigenvalue weighted by molar-refractivity contribution is 5.81. The molecule has 112 valence electrons. The zero-order chi connectivity index (χ0) is 15.6. The summed E-state index contributed by atoms with van der Waals surface area (Å²) in [6.45, 7) is 2.12. The molecular formula is C19H16N4. The Morgan fingerprint density at radius 2 is 1.74 bits per heavy atom. The van der Waals surface area contributed by atoms with Crippen molar-refractivity contribution < 1.29 is 0 Å². The molecule has 0 aliphatic carbocycles. The quantitative estimate of drug-likeness (QED) is 0.574. The van der Waals surface area contributed by atoms with Crippen LogP contribution in [-0.4, -0.2) is 19.6 Å². The minimum absolute atomic E-state index is 0.861. The molecule has 23 heavy (non-hydrogen) atoms. The molecule has 1 aromatic carbocycles. The van der Waals surface area contributed by atoms with Gasteiger partial charge in [-0.25, -0.2) is 9.50 Å². The van der Waals surface area contributed by atoms with Crippen molar-refractivity contribution in [3.63, 3.8) is 0 Å². The summed E-state index contributed by atoms with van der Waals surface area (Å²) in [5.74, 6) is 0. The first-order valence-electron chi connectivity index (χ1n) is 7.71. The van der Waals surface area contributed by atoms with Gasteiger partial charge in [0, 0.05) is 29.7 Å². The predicted molar refractivity (Wildman–Crippen MR) is 91.0 cm³/mol. The minimum Gasteiger partial charge on any atom is -0.264 e. The molecule has 4 nitrogen and oxygen atoms in total. The van der Waals surface area contributed by atoms with E-state index in [1.165, 1.54) is 0 Å². The van der Waals surface area contributed by atoms with Gasteiger partial charge in [-0.2, -0.15) is 5.10 Å². The molecule has 4 heteroatoms. The van der Waals surface area contributed by atoms with Crippen molar-refractivity contribution in [3.8, 4) is 22.4 Å². The molecule has 0 radical (unpaired) electrons. The van der Waals surface area contributed by atoms with E-state index in [2.05, 4.69) is 29.0 Å². The number of aromatic nitrogens is 4. The molecule has 0 bridgehead atoms. The molecule has 0 fully saturated rings. The van der Waals surface area contributed by atoms with Gasteiger partial charge in [0.15, 0.2) is 5.65 Å². The third kappa shape index (κ3) is 2.28. The maximum Gasteiger partial charge on any atom is 0.163 e. The van der Waals surface area contributed by atoms with E-state index in [1.54, 1.807) is 6.20 Å². The smallest absolute Gasteiger partial charge is 0.163 e. The number of pyridine rings is 1. The van der Waals surface area contributed by atoms with E-state index in [1.807, 2.05) is 53.3 Å². The summed E-state index contributed by atoms with van der Waals surface area (Å²) in [5, 5.41) is 4.81. The van der Waals surface area contributed by atoms with Crippen molar-refractivity contribution in [3.05, 3.63) is 72.8 Å². The van der Waals surface area contributed by atoms with Gasteiger partial charge in [-0.3, -0.25) is 4.98 Å². The predicted octanol–water partition coefficient (Wildman–Crippen LogP) is 4.02. The Bertz CT molecular complexity index is 943. The van der Waals surface area contributed by atoms with Crippen LogP contribution in [0.2, 0.25) is 0 Å². The largest absolute Gasteiger partial charge is 0.264 e. The highest BCUT2D eigenvalue weighted by Crippen LogP contribution is 2.30. The number of hydrogen-bond donors (Lipinski definition) is 0. The van der Waals surface area contributed by atoms with Gasteiger partial charge >= 0.3 is 0 Å².